The van der Waals surface area contributed by atoms with E-state index in [0.29, 0.717) is 5.41 Å². The lowest BCUT2D eigenvalue weighted by molar-refractivity contribution is 0.493. The molecule has 0 aliphatic heterocycles. The molecule has 0 atom stereocenters. The van der Waals surface area contributed by atoms with Crippen LogP contribution in [0, 0.1) is 5.41 Å². The van der Waals surface area contributed by atoms with Gasteiger partial charge in [-0.15, -0.1) is 0 Å². The van der Waals surface area contributed by atoms with Gasteiger partial charge in [0.2, 0.25) is 0 Å². The predicted molar refractivity (Wildman–Crippen MR) is 64.5 cm³/mol. The van der Waals surface area contributed by atoms with Gasteiger partial charge in [0.15, 0.2) is 0 Å². The lowest BCUT2D eigenvalue weighted by Gasteiger charge is -2.20. The van der Waals surface area contributed by atoms with Crippen LogP contribution in [0.1, 0.15) is 40.0 Å². The SMILES string of the molecule is CCCCCSCC(C)(C)CS. The minimum absolute atomic E-state index is 0.417. The molecule has 0 N–H and O–H groups in total. The van der Waals surface area contributed by atoms with Crippen LogP contribution in [0.5, 0.6) is 0 Å². The molecule has 0 radical (unpaired) electrons. The second-order valence-electron chi connectivity index (χ2n) is 4.08. The maximum atomic E-state index is 4.33. The molecule has 0 bridgehead atoms. The molecule has 0 unspecified atom stereocenters. The fourth-order valence-electron chi connectivity index (χ4n) is 0.848. The van der Waals surface area contributed by atoms with Crippen LogP contribution < -0.4 is 0 Å². The summed E-state index contributed by atoms with van der Waals surface area (Å²) in [5.41, 5.74) is 0.417. The molecule has 0 rings (SSSR count). The van der Waals surface area contributed by atoms with Crippen LogP contribution in [-0.4, -0.2) is 17.3 Å². The van der Waals surface area contributed by atoms with E-state index in [0.717, 1.165) is 5.75 Å². The molecule has 0 nitrogen and oxygen atoms in total. The molecule has 0 aromatic heterocycles. The summed E-state index contributed by atoms with van der Waals surface area (Å²) >= 11 is 6.41. The Morgan fingerprint density at radius 1 is 1.25 bits per heavy atom. The van der Waals surface area contributed by atoms with Crippen molar-refractivity contribution in [1.82, 2.24) is 0 Å². The summed E-state index contributed by atoms with van der Waals surface area (Å²) in [5, 5.41) is 0. The first-order valence-corrected chi connectivity index (χ1v) is 6.59. The molecule has 0 spiro atoms. The quantitative estimate of drug-likeness (QED) is 0.487. The molecule has 12 heavy (non-hydrogen) atoms. The van der Waals surface area contributed by atoms with Crippen LogP contribution in [0.15, 0.2) is 0 Å². The molecule has 0 heterocycles. The smallest absolute Gasteiger partial charge is 0.000829 e. The van der Waals surface area contributed by atoms with Crippen LogP contribution in [0.3, 0.4) is 0 Å². The van der Waals surface area contributed by atoms with Crippen molar-refractivity contribution in [3.8, 4) is 0 Å². The zero-order valence-electron chi connectivity index (χ0n) is 8.60. The fourth-order valence-corrected chi connectivity index (χ4v) is 2.32. The summed E-state index contributed by atoms with van der Waals surface area (Å²) in [5.74, 6) is 3.57. The van der Waals surface area contributed by atoms with Crippen molar-refractivity contribution in [2.24, 2.45) is 5.41 Å². The van der Waals surface area contributed by atoms with Crippen LogP contribution in [-0.2, 0) is 0 Å². The highest BCUT2D eigenvalue weighted by Gasteiger charge is 2.14. The number of hydrogen-bond acceptors (Lipinski definition) is 2. The van der Waals surface area contributed by atoms with E-state index in [9.17, 15) is 0 Å². The second kappa shape index (κ2) is 7.14. The highest BCUT2D eigenvalue weighted by atomic mass is 32.2. The topological polar surface area (TPSA) is 0 Å². The maximum absolute atomic E-state index is 4.33. The molecule has 74 valence electrons. The molecule has 0 aromatic carbocycles. The molecule has 0 aliphatic rings. The Labute approximate surface area is 87.3 Å². The van der Waals surface area contributed by atoms with Crippen LogP contribution in [0.25, 0.3) is 0 Å². The summed E-state index contributed by atoms with van der Waals surface area (Å²) in [6, 6.07) is 0. The van der Waals surface area contributed by atoms with E-state index in [2.05, 4.69) is 45.2 Å². The normalized spacial score (nSPS) is 12.0. The number of unbranched alkanes of at least 4 members (excludes halogenated alkanes) is 2. The van der Waals surface area contributed by atoms with Crippen molar-refractivity contribution >= 4 is 24.4 Å². The third kappa shape index (κ3) is 7.35. The van der Waals surface area contributed by atoms with E-state index < -0.39 is 0 Å². The van der Waals surface area contributed by atoms with Crippen LogP contribution in [0.4, 0.5) is 0 Å². The first kappa shape index (κ1) is 12.7. The van der Waals surface area contributed by atoms with Gasteiger partial charge in [-0.1, -0.05) is 33.6 Å². The van der Waals surface area contributed by atoms with Crippen LogP contribution >= 0.6 is 24.4 Å². The number of thioether (sulfide) groups is 1. The Morgan fingerprint density at radius 3 is 2.42 bits per heavy atom. The molecule has 0 fully saturated rings. The molecule has 0 amide bonds. The van der Waals surface area contributed by atoms with Gasteiger partial charge in [-0.25, -0.2) is 0 Å². The van der Waals surface area contributed by atoms with Gasteiger partial charge in [0, 0.05) is 0 Å². The van der Waals surface area contributed by atoms with E-state index in [1.165, 1.54) is 30.8 Å². The second-order valence-corrected chi connectivity index (χ2v) is 5.50. The van der Waals surface area contributed by atoms with Gasteiger partial charge in [-0.3, -0.25) is 0 Å². The van der Waals surface area contributed by atoms with Gasteiger partial charge in [-0.2, -0.15) is 24.4 Å². The Bertz CT molecular complexity index is 100. The van der Waals surface area contributed by atoms with E-state index in [-0.39, 0.29) is 0 Å². The number of rotatable bonds is 7. The molecule has 0 aliphatic carbocycles. The Balaban J connectivity index is 3.19. The van der Waals surface area contributed by atoms with Crippen molar-refractivity contribution in [3.05, 3.63) is 0 Å². The zero-order chi connectivity index (χ0) is 9.45. The van der Waals surface area contributed by atoms with Crippen molar-refractivity contribution < 1.29 is 0 Å². The summed E-state index contributed by atoms with van der Waals surface area (Å²) in [4.78, 5) is 0. The van der Waals surface area contributed by atoms with Gasteiger partial charge in [0.1, 0.15) is 0 Å². The highest BCUT2D eigenvalue weighted by Crippen LogP contribution is 2.23. The summed E-state index contributed by atoms with van der Waals surface area (Å²) in [6.07, 6.45) is 4.09. The maximum Gasteiger partial charge on any atom is -0.000829 e. The number of hydrogen-bond donors (Lipinski definition) is 1. The Morgan fingerprint density at radius 2 is 1.92 bits per heavy atom. The largest absolute Gasteiger partial charge is 0.179 e. The molecular weight excluding hydrogens is 184 g/mol. The van der Waals surface area contributed by atoms with E-state index in [1.54, 1.807) is 0 Å². The molecular formula is C10H22S2. The predicted octanol–water partition coefficient (Wildman–Crippen LogP) is 3.87. The number of thiol groups is 1. The third-order valence-corrected chi connectivity index (χ3v) is 4.23. The van der Waals surface area contributed by atoms with Crippen molar-refractivity contribution in [1.29, 1.82) is 0 Å². The fraction of sp³-hybridized carbons (Fsp3) is 1.00. The lowest BCUT2D eigenvalue weighted by Crippen LogP contribution is -2.16. The van der Waals surface area contributed by atoms with Gasteiger partial charge in [-0.05, 0) is 29.1 Å². The average Bonchev–Trinajstić information content (AvgIpc) is 2.04. The van der Waals surface area contributed by atoms with Crippen molar-refractivity contribution in [2.45, 2.75) is 40.0 Å². The Kier molecular flexibility index (Phi) is 7.55. The zero-order valence-corrected chi connectivity index (χ0v) is 10.3. The standard InChI is InChI=1S/C10H22S2/c1-4-5-6-7-12-9-10(2,3)8-11/h11H,4-9H2,1-3H3. The van der Waals surface area contributed by atoms with E-state index >= 15 is 0 Å². The highest BCUT2D eigenvalue weighted by molar-refractivity contribution is 7.99. The first-order chi connectivity index (χ1) is 5.62. The summed E-state index contributed by atoms with van der Waals surface area (Å²) in [6.45, 7) is 6.82. The molecule has 2 heteroatoms. The van der Waals surface area contributed by atoms with E-state index in [1.807, 2.05) is 0 Å². The van der Waals surface area contributed by atoms with Crippen molar-refractivity contribution in [3.63, 3.8) is 0 Å². The average molecular weight is 206 g/mol. The molecule has 0 aromatic rings. The Hall–Kier alpha value is 0.700. The molecule has 0 saturated carbocycles. The van der Waals surface area contributed by atoms with Gasteiger partial charge in [0.25, 0.3) is 0 Å². The monoisotopic (exact) mass is 206 g/mol. The summed E-state index contributed by atoms with van der Waals surface area (Å²) < 4.78 is 0. The van der Waals surface area contributed by atoms with E-state index in [4.69, 9.17) is 0 Å². The van der Waals surface area contributed by atoms with Crippen molar-refractivity contribution in [2.75, 3.05) is 17.3 Å². The summed E-state index contributed by atoms with van der Waals surface area (Å²) in [7, 11) is 0. The molecule has 0 saturated heterocycles. The van der Waals surface area contributed by atoms with Gasteiger partial charge in [0.05, 0.1) is 0 Å². The lowest BCUT2D eigenvalue weighted by atomic mass is 10.0. The minimum Gasteiger partial charge on any atom is -0.179 e. The third-order valence-electron chi connectivity index (χ3n) is 1.81. The van der Waals surface area contributed by atoms with Gasteiger partial charge < -0.3 is 0 Å². The van der Waals surface area contributed by atoms with Crippen LogP contribution in [0.2, 0.25) is 0 Å². The first-order valence-electron chi connectivity index (χ1n) is 4.81. The van der Waals surface area contributed by atoms with Gasteiger partial charge >= 0.3 is 0 Å². The minimum atomic E-state index is 0.417.